The third kappa shape index (κ3) is 3.95. The third-order valence-electron chi connectivity index (χ3n) is 4.48. The first-order valence-electron chi connectivity index (χ1n) is 8.44. The van der Waals surface area contributed by atoms with Crippen molar-refractivity contribution < 1.29 is 4.79 Å². The summed E-state index contributed by atoms with van der Waals surface area (Å²) in [6.07, 6.45) is 0. The van der Waals surface area contributed by atoms with Crippen molar-refractivity contribution in [2.75, 3.05) is 43.4 Å². The van der Waals surface area contributed by atoms with Crippen LogP contribution in [-0.2, 0) is 0 Å². The van der Waals surface area contributed by atoms with Crippen molar-refractivity contribution in [3.8, 4) is 0 Å². The molecule has 126 valence electrons. The Bertz CT molecular complexity index is 696. The van der Waals surface area contributed by atoms with Crippen molar-refractivity contribution in [3.05, 3.63) is 59.2 Å². The van der Waals surface area contributed by atoms with Crippen LogP contribution in [0.15, 0.2) is 42.5 Å². The van der Waals surface area contributed by atoms with Gasteiger partial charge in [-0.1, -0.05) is 17.2 Å². The molecule has 1 N–H and O–H groups in total. The summed E-state index contributed by atoms with van der Waals surface area (Å²) in [6.45, 7) is 8.29. The van der Waals surface area contributed by atoms with Crippen LogP contribution in [0, 0.1) is 13.8 Å². The summed E-state index contributed by atoms with van der Waals surface area (Å²) < 4.78 is 0. The molecule has 0 aromatic heterocycles. The quantitative estimate of drug-likeness (QED) is 0.941. The van der Waals surface area contributed by atoms with E-state index in [2.05, 4.69) is 40.4 Å². The van der Waals surface area contributed by atoms with Crippen LogP contribution >= 0.6 is 0 Å². The predicted molar refractivity (Wildman–Crippen MR) is 100 cm³/mol. The van der Waals surface area contributed by atoms with E-state index < -0.39 is 0 Å². The molecule has 1 heterocycles. The van der Waals surface area contributed by atoms with Gasteiger partial charge in [0.05, 0.1) is 0 Å². The zero-order valence-electron chi connectivity index (χ0n) is 14.7. The normalized spacial score (nSPS) is 15.4. The Balaban J connectivity index is 1.66. The number of likely N-dealkylation sites (N-methyl/N-ethyl adjacent to an activating group) is 1. The Morgan fingerprint density at radius 2 is 1.50 bits per heavy atom. The minimum Gasteiger partial charge on any atom is -0.369 e. The second kappa shape index (κ2) is 7.05. The maximum absolute atomic E-state index is 12.4. The fourth-order valence-corrected chi connectivity index (χ4v) is 3.13. The smallest absolute Gasteiger partial charge is 0.255 e. The minimum atomic E-state index is -0.0610. The van der Waals surface area contributed by atoms with Crippen molar-refractivity contribution >= 4 is 17.3 Å². The maximum atomic E-state index is 12.4. The molecule has 0 saturated carbocycles. The Labute approximate surface area is 144 Å². The molecular weight excluding hydrogens is 298 g/mol. The first-order valence-corrected chi connectivity index (χ1v) is 8.44. The number of piperazine rings is 1. The summed E-state index contributed by atoms with van der Waals surface area (Å²) in [4.78, 5) is 17.1. The summed E-state index contributed by atoms with van der Waals surface area (Å²) in [5.74, 6) is -0.0610. The molecule has 4 nitrogen and oxygen atoms in total. The molecule has 0 spiro atoms. The van der Waals surface area contributed by atoms with E-state index in [4.69, 9.17) is 0 Å². The maximum Gasteiger partial charge on any atom is 0.255 e. The van der Waals surface area contributed by atoms with Crippen LogP contribution in [0.4, 0.5) is 11.4 Å². The summed E-state index contributed by atoms with van der Waals surface area (Å²) in [5.41, 5.74) is 4.95. The number of nitrogens with one attached hydrogen (secondary N) is 1. The lowest BCUT2D eigenvalue weighted by atomic mass is 10.1. The Morgan fingerprint density at radius 3 is 2.08 bits per heavy atom. The number of rotatable bonds is 3. The molecule has 0 unspecified atom stereocenters. The van der Waals surface area contributed by atoms with E-state index in [1.807, 2.05) is 38.1 Å². The minimum absolute atomic E-state index is 0.0610. The highest BCUT2D eigenvalue weighted by Crippen LogP contribution is 2.20. The first-order chi connectivity index (χ1) is 11.5. The second-order valence-corrected chi connectivity index (χ2v) is 6.67. The van der Waals surface area contributed by atoms with E-state index in [0.29, 0.717) is 5.56 Å². The second-order valence-electron chi connectivity index (χ2n) is 6.67. The molecule has 2 aromatic rings. The van der Waals surface area contributed by atoms with Gasteiger partial charge in [-0.05, 0) is 57.3 Å². The lowest BCUT2D eigenvalue weighted by Gasteiger charge is -2.34. The van der Waals surface area contributed by atoms with Gasteiger partial charge in [-0.25, -0.2) is 0 Å². The van der Waals surface area contributed by atoms with Gasteiger partial charge in [0.1, 0.15) is 0 Å². The number of carbonyl (C=O) groups excluding carboxylic acids is 1. The molecule has 4 heteroatoms. The van der Waals surface area contributed by atoms with Crippen LogP contribution in [0.5, 0.6) is 0 Å². The Hall–Kier alpha value is -2.33. The number of nitrogens with zero attached hydrogens (tertiary/aromatic N) is 2. The fraction of sp³-hybridized carbons (Fsp3) is 0.350. The van der Waals surface area contributed by atoms with Crippen LogP contribution in [0.2, 0.25) is 0 Å². The van der Waals surface area contributed by atoms with Gasteiger partial charge in [0.15, 0.2) is 0 Å². The van der Waals surface area contributed by atoms with E-state index >= 15 is 0 Å². The van der Waals surface area contributed by atoms with E-state index in [0.717, 1.165) is 43.0 Å². The van der Waals surface area contributed by atoms with Crippen LogP contribution in [0.1, 0.15) is 21.5 Å². The van der Waals surface area contributed by atoms with Gasteiger partial charge < -0.3 is 15.1 Å². The monoisotopic (exact) mass is 323 g/mol. The first kappa shape index (κ1) is 16.5. The number of hydrogen-bond donors (Lipinski definition) is 1. The molecule has 0 atom stereocenters. The molecule has 0 aliphatic carbocycles. The molecule has 1 amide bonds. The highest BCUT2D eigenvalue weighted by Gasteiger charge is 2.14. The number of amides is 1. The summed E-state index contributed by atoms with van der Waals surface area (Å²) in [6, 6.07) is 14.0. The average Bonchev–Trinajstić information content (AvgIpc) is 2.55. The van der Waals surface area contributed by atoms with E-state index in [1.165, 1.54) is 5.69 Å². The van der Waals surface area contributed by atoms with Crippen LogP contribution in [0.25, 0.3) is 0 Å². The van der Waals surface area contributed by atoms with Gasteiger partial charge in [0, 0.05) is 43.1 Å². The van der Waals surface area contributed by atoms with Gasteiger partial charge in [-0.15, -0.1) is 0 Å². The zero-order valence-corrected chi connectivity index (χ0v) is 14.7. The van der Waals surface area contributed by atoms with Gasteiger partial charge >= 0.3 is 0 Å². The molecule has 1 aliphatic heterocycles. The van der Waals surface area contributed by atoms with E-state index in [9.17, 15) is 4.79 Å². The number of carbonyl (C=O) groups is 1. The van der Waals surface area contributed by atoms with Crippen LogP contribution in [0.3, 0.4) is 0 Å². The topological polar surface area (TPSA) is 35.6 Å². The third-order valence-corrected chi connectivity index (χ3v) is 4.48. The molecule has 2 aromatic carbocycles. The molecule has 0 radical (unpaired) electrons. The predicted octanol–water partition coefficient (Wildman–Crippen LogP) is 3.31. The van der Waals surface area contributed by atoms with Gasteiger partial charge in [-0.2, -0.15) is 0 Å². The SMILES string of the molecule is Cc1cc(C)cc(C(=O)Nc2ccc(N3CCN(C)CC3)cc2)c1. The van der Waals surface area contributed by atoms with Crippen molar-refractivity contribution in [3.63, 3.8) is 0 Å². The van der Waals surface area contributed by atoms with Gasteiger partial charge in [0.25, 0.3) is 5.91 Å². The van der Waals surface area contributed by atoms with Gasteiger partial charge in [0.2, 0.25) is 0 Å². The molecular formula is C20H25N3O. The lowest BCUT2D eigenvalue weighted by Crippen LogP contribution is -2.44. The molecule has 1 saturated heterocycles. The highest BCUT2D eigenvalue weighted by molar-refractivity contribution is 6.04. The number of anilines is 2. The van der Waals surface area contributed by atoms with Gasteiger partial charge in [-0.3, -0.25) is 4.79 Å². The number of aryl methyl sites for hydroxylation is 2. The zero-order chi connectivity index (χ0) is 17.1. The van der Waals surface area contributed by atoms with Crippen molar-refractivity contribution in [2.24, 2.45) is 0 Å². The Morgan fingerprint density at radius 1 is 0.917 bits per heavy atom. The molecule has 24 heavy (non-hydrogen) atoms. The molecule has 1 fully saturated rings. The van der Waals surface area contributed by atoms with E-state index in [-0.39, 0.29) is 5.91 Å². The van der Waals surface area contributed by atoms with Crippen LogP contribution in [-0.4, -0.2) is 44.0 Å². The van der Waals surface area contributed by atoms with Crippen molar-refractivity contribution in [2.45, 2.75) is 13.8 Å². The number of benzene rings is 2. The van der Waals surface area contributed by atoms with Crippen molar-refractivity contribution in [1.82, 2.24) is 4.90 Å². The number of hydrogen-bond acceptors (Lipinski definition) is 3. The average molecular weight is 323 g/mol. The standard InChI is InChI=1S/C20H25N3O/c1-15-12-16(2)14-17(13-15)20(24)21-18-4-6-19(7-5-18)23-10-8-22(3)9-11-23/h4-7,12-14H,8-11H2,1-3H3,(H,21,24). The molecule has 0 bridgehead atoms. The summed E-state index contributed by atoms with van der Waals surface area (Å²) in [7, 11) is 2.16. The lowest BCUT2D eigenvalue weighted by molar-refractivity contribution is 0.102. The van der Waals surface area contributed by atoms with Crippen molar-refractivity contribution in [1.29, 1.82) is 0 Å². The molecule has 3 rings (SSSR count). The summed E-state index contributed by atoms with van der Waals surface area (Å²) in [5, 5.41) is 2.98. The Kier molecular flexibility index (Phi) is 4.86. The summed E-state index contributed by atoms with van der Waals surface area (Å²) >= 11 is 0. The highest BCUT2D eigenvalue weighted by atomic mass is 16.1. The fourth-order valence-electron chi connectivity index (χ4n) is 3.13. The van der Waals surface area contributed by atoms with E-state index in [1.54, 1.807) is 0 Å². The van der Waals surface area contributed by atoms with Crippen LogP contribution < -0.4 is 10.2 Å². The largest absolute Gasteiger partial charge is 0.369 e. The molecule has 1 aliphatic rings.